The number of nitrogens with one attached hydrogen (secondary N) is 1. The van der Waals surface area contributed by atoms with Crippen LogP contribution in [0.15, 0.2) is 48.5 Å². The molecular formula is C24H30N2O4. The van der Waals surface area contributed by atoms with Crippen molar-refractivity contribution in [3.8, 4) is 11.5 Å². The molecule has 160 valence electrons. The summed E-state index contributed by atoms with van der Waals surface area (Å²) in [5, 5.41) is 2.80. The maximum Gasteiger partial charge on any atom is 0.253 e. The van der Waals surface area contributed by atoms with E-state index < -0.39 is 0 Å². The molecule has 0 spiro atoms. The Kier molecular flexibility index (Phi) is 8.94. The van der Waals surface area contributed by atoms with Gasteiger partial charge in [-0.1, -0.05) is 12.1 Å². The first-order valence-corrected chi connectivity index (χ1v) is 10.3. The highest BCUT2D eigenvalue weighted by molar-refractivity contribution is 6.03. The average molecular weight is 411 g/mol. The first-order chi connectivity index (χ1) is 14.5. The Hall–Kier alpha value is -3.28. The molecule has 30 heavy (non-hydrogen) atoms. The van der Waals surface area contributed by atoms with Gasteiger partial charge in [0.05, 0.1) is 13.2 Å². The van der Waals surface area contributed by atoms with Crippen molar-refractivity contribution in [3.63, 3.8) is 0 Å². The summed E-state index contributed by atoms with van der Waals surface area (Å²) in [4.78, 5) is 26.6. The standard InChI is InChI=1S/C24H30N2O4/c1-5-26(6-2)24(28)19-10-9-11-20(17-19)25-23(27)15-13-18-12-14-21(29-7-3)22(16-18)30-8-4/h9-17H,5-8H2,1-4H3,(H,25,27)/b15-13+. The average Bonchev–Trinajstić information content (AvgIpc) is 2.75. The van der Waals surface area contributed by atoms with Gasteiger partial charge in [0.15, 0.2) is 11.5 Å². The van der Waals surface area contributed by atoms with Crippen LogP contribution >= 0.6 is 0 Å². The predicted molar refractivity (Wildman–Crippen MR) is 120 cm³/mol. The highest BCUT2D eigenvalue weighted by Gasteiger charge is 2.13. The fourth-order valence-corrected chi connectivity index (χ4v) is 2.95. The summed E-state index contributed by atoms with van der Waals surface area (Å²) in [6, 6.07) is 12.5. The minimum atomic E-state index is -0.283. The molecular weight excluding hydrogens is 380 g/mol. The molecule has 1 N–H and O–H groups in total. The van der Waals surface area contributed by atoms with Crippen LogP contribution in [0.3, 0.4) is 0 Å². The van der Waals surface area contributed by atoms with Crippen molar-refractivity contribution < 1.29 is 19.1 Å². The van der Waals surface area contributed by atoms with Gasteiger partial charge in [0.1, 0.15) is 0 Å². The number of carbonyl (C=O) groups is 2. The van der Waals surface area contributed by atoms with Crippen molar-refractivity contribution in [2.75, 3.05) is 31.6 Å². The molecule has 0 unspecified atom stereocenters. The van der Waals surface area contributed by atoms with E-state index in [0.29, 0.717) is 49.1 Å². The Morgan fingerprint density at radius 3 is 2.30 bits per heavy atom. The minimum Gasteiger partial charge on any atom is -0.490 e. The van der Waals surface area contributed by atoms with Crippen LogP contribution < -0.4 is 14.8 Å². The summed E-state index contributed by atoms with van der Waals surface area (Å²) in [5.41, 5.74) is 1.94. The summed E-state index contributed by atoms with van der Waals surface area (Å²) in [5.74, 6) is 0.985. The molecule has 0 saturated carbocycles. The summed E-state index contributed by atoms with van der Waals surface area (Å²) in [6.45, 7) is 10.1. The number of amides is 2. The molecule has 0 aromatic heterocycles. The monoisotopic (exact) mass is 410 g/mol. The molecule has 0 heterocycles. The number of ether oxygens (including phenoxy) is 2. The van der Waals surface area contributed by atoms with E-state index in [4.69, 9.17) is 9.47 Å². The molecule has 2 rings (SSSR count). The summed E-state index contributed by atoms with van der Waals surface area (Å²) in [6.07, 6.45) is 3.16. The predicted octanol–water partition coefficient (Wildman–Crippen LogP) is 4.62. The van der Waals surface area contributed by atoms with Gasteiger partial charge in [0.2, 0.25) is 5.91 Å². The van der Waals surface area contributed by atoms with Crippen molar-refractivity contribution in [2.45, 2.75) is 27.7 Å². The molecule has 0 radical (unpaired) electrons. The maximum atomic E-state index is 12.5. The Morgan fingerprint density at radius 1 is 0.933 bits per heavy atom. The fraction of sp³-hybridized carbons (Fsp3) is 0.333. The van der Waals surface area contributed by atoms with E-state index in [1.54, 1.807) is 35.2 Å². The van der Waals surface area contributed by atoms with Gasteiger partial charge in [-0.25, -0.2) is 0 Å². The lowest BCUT2D eigenvalue weighted by Crippen LogP contribution is -2.30. The SMILES string of the molecule is CCOc1ccc(/C=C/C(=O)Nc2cccc(C(=O)N(CC)CC)c2)cc1OCC. The van der Waals surface area contributed by atoms with Crippen LogP contribution in [0.2, 0.25) is 0 Å². The van der Waals surface area contributed by atoms with Gasteiger partial charge in [-0.15, -0.1) is 0 Å². The van der Waals surface area contributed by atoms with Gasteiger partial charge in [-0.3, -0.25) is 9.59 Å². The van der Waals surface area contributed by atoms with E-state index in [0.717, 1.165) is 5.56 Å². The van der Waals surface area contributed by atoms with Gasteiger partial charge >= 0.3 is 0 Å². The molecule has 2 aromatic carbocycles. The zero-order chi connectivity index (χ0) is 21.9. The summed E-state index contributed by atoms with van der Waals surface area (Å²) in [7, 11) is 0. The summed E-state index contributed by atoms with van der Waals surface area (Å²) < 4.78 is 11.2. The fourth-order valence-electron chi connectivity index (χ4n) is 2.95. The molecule has 6 nitrogen and oxygen atoms in total. The highest BCUT2D eigenvalue weighted by Crippen LogP contribution is 2.29. The molecule has 0 aliphatic rings. The number of nitrogens with zero attached hydrogens (tertiary/aromatic N) is 1. The number of hydrogen-bond acceptors (Lipinski definition) is 4. The number of anilines is 1. The van der Waals surface area contributed by atoms with Gasteiger partial charge in [0, 0.05) is 30.4 Å². The molecule has 0 atom stereocenters. The molecule has 0 aliphatic carbocycles. The van der Waals surface area contributed by atoms with Crippen molar-refractivity contribution >= 4 is 23.6 Å². The van der Waals surface area contributed by atoms with Crippen molar-refractivity contribution in [1.29, 1.82) is 0 Å². The Labute approximate surface area is 178 Å². The van der Waals surface area contributed by atoms with E-state index in [9.17, 15) is 9.59 Å². The van der Waals surface area contributed by atoms with E-state index in [1.807, 2.05) is 45.9 Å². The molecule has 6 heteroatoms. The molecule has 0 saturated heterocycles. The van der Waals surface area contributed by atoms with E-state index >= 15 is 0 Å². The first kappa shape index (κ1) is 23.0. The molecule has 0 fully saturated rings. The molecule has 2 amide bonds. The van der Waals surface area contributed by atoms with E-state index in [2.05, 4.69) is 5.32 Å². The second kappa shape index (κ2) is 11.7. The minimum absolute atomic E-state index is 0.0514. The van der Waals surface area contributed by atoms with Gasteiger partial charge in [-0.05, 0) is 69.7 Å². The number of rotatable bonds is 10. The Balaban J connectivity index is 2.08. The number of benzene rings is 2. The summed E-state index contributed by atoms with van der Waals surface area (Å²) >= 11 is 0. The van der Waals surface area contributed by atoms with Crippen molar-refractivity contribution in [1.82, 2.24) is 4.90 Å². The lowest BCUT2D eigenvalue weighted by molar-refractivity contribution is -0.111. The largest absolute Gasteiger partial charge is 0.490 e. The van der Waals surface area contributed by atoms with E-state index in [-0.39, 0.29) is 11.8 Å². The molecule has 0 bridgehead atoms. The quantitative estimate of drug-likeness (QED) is 0.581. The van der Waals surface area contributed by atoms with Crippen LogP contribution in [0.4, 0.5) is 5.69 Å². The third-order valence-electron chi connectivity index (χ3n) is 4.42. The zero-order valence-electron chi connectivity index (χ0n) is 18.1. The van der Waals surface area contributed by atoms with Crippen molar-refractivity contribution in [3.05, 3.63) is 59.7 Å². The van der Waals surface area contributed by atoms with Crippen LogP contribution in [0, 0.1) is 0 Å². The third-order valence-corrected chi connectivity index (χ3v) is 4.42. The van der Waals surface area contributed by atoms with E-state index in [1.165, 1.54) is 6.08 Å². The van der Waals surface area contributed by atoms with Gasteiger partial charge in [0.25, 0.3) is 5.91 Å². The topological polar surface area (TPSA) is 67.9 Å². The third kappa shape index (κ3) is 6.37. The van der Waals surface area contributed by atoms with Crippen LogP contribution in [0.5, 0.6) is 11.5 Å². The smallest absolute Gasteiger partial charge is 0.253 e. The highest BCUT2D eigenvalue weighted by atomic mass is 16.5. The van der Waals surface area contributed by atoms with Gasteiger partial charge in [-0.2, -0.15) is 0 Å². The maximum absolute atomic E-state index is 12.5. The van der Waals surface area contributed by atoms with Crippen LogP contribution in [0.25, 0.3) is 6.08 Å². The zero-order valence-corrected chi connectivity index (χ0v) is 18.1. The number of hydrogen-bond donors (Lipinski definition) is 1. The van der Waals surface area contributed by atoms with Crippen LogP contribution in [-0.2, 0) is 4.79 Å². The number of carbonyl (C=O) groups excluding carboxylic acids is 2. The van der Waals surface area contributed by atoms with Gasteiger partial charge < -0.3 is 19.7 Å². The lowest BCUT2D eigenvalue weighted by atomic mass is 10.1. The molecule has 2 aromatic rings. The van der Waals surface area contributed by atoms with Crippen LogP contribution in [0.1, 0.15) is 43.6 Å². The Bertz CT molecular complexity index is 889. The Morgan fingerprint density at radius 2 is 1.63 bits per heavy atom. The molecule has 0 aliphatic heterocycles. The normalized spacial score (nSPS) is 10.7. The van der Waals surface area contributed by atoms with Crippen molar-refractivity contribution in [2.24, 2.45) is 0 Å². The second-order valence-electron chi connectivity index (χ2n) is 6.45. The van der Waals surface area contributed by atoms with Crippen LogP contribution in [-0.4, -0.2) is 43.0 Å². The first-order valence-electron chi connectivity index (χ1n) is 10.3. The lowest BCUT2D eigenvalue weighted by Gasteiger charge is -2.18. The second-order valence-corrected chi connectivity index (χ2v) is 6.45.